The van der Waals surface area contributed by atoms with Crippen LogP contribution in [0.4, 0.5) is 18.9 Å². The molecule has 1 amide bonds. The number of aromatic carboxylic acids is 1. The molecule has 1 saturated heterocycles. The van der Waals surface area contributed by atoms with Crippen LogP contribution in [0, 0.1) is 0 Å². The number of halogens is 3. The van der Waals surface area contributed by atoms with E-state index in [1.54, 1.807) is 25.1 Å². The fourth-order valence-corrected chi connectivity index (χ4v) is 3.63. The van der Waals surface area contributed by atoms with Crippen LogP contribution in [0.25, 0.3) is 0 Å². The Balaban J connectivity index is 1.71. The number of carboxylic acids is 1. The molecule has 3 rings (SSSR count). The second kappa shape index (κ2) is 8.96. The third kappa shape index (κ3) is 4.98. The van der Waals surface area contributed by atoms with Gasteiger partial charge in [-0.05, 0) is 31.0 Å². The van der Waals surface area contributed by atoms with Gasteiger partial charge in [0.15, 0.2) is 11.5 Å². The number of H-pyrrole nitrogens is 1. The lowest BCUT2D eigenvalue weighted by Crippen LogP contribution is -2.55. The van der Waals surface area contributed by atoms with Crippen molar-refractivity contribution in [3.8, 4) is 0 Å². The van der Waals surface area contributed by atoms with Crippen molar-refractivity contribution in [2.75, 3.05) is 25.1 Å². The number of ether oxygens (including phenoxy) is 1. The highest BCUT2D eigenvalue weighted by atomic mass is 19.4. The Labute approximate surface area is 176 Å². The molecule has 2 aromatic rings. The van der Waals surface area contributed by atoms with Crippen LogP contribution in [0.1, 0.15) is 45.7 Å². The maximum Gasteiger partial charge on any atom is 0.435 e. The van der Waals surface area contributed by atoms with Crippen molar-refractivity contribution in [1.82, 2.24) is 15.3 Å². The molecule has 1 aromatic heterocycles. The van der Waals surface area contributed by atoms with Crippen LogP contribution in [-0.4, -0.2) is 59.3 Å². The Morgan fingerprint density at radius 1 is 1.39 bits per heavy atom. The summed E-state index contributed by atoms with van der Waals surface area (Å²) >= 11 is 0. The molecule has 1 aromatic carbocycles. The number of benzene rings is 1. The number of amides is 1. The zero-order valence-electron chi connectivity index (χ0n) is 17.0. The van der Waals surface area contributed by atoms with Crippen molar-refractivity contribution in [2.45, 2.75) is 38.1 Å². The Morgan fingerprint density at radius 3 is 2.71 bits per heavy atom. The van der Waals surface area contributed by atoms with Crippen molar-refractivity contribution < 1.29 is 32.6 Å². The number of alkyl halides is 3. The second-order valence-electron chi connectivity index (χ2n) is 7.21. The van der Waals surface area contributed by atoms with Crippen molar-refractivity contribution in [1.29, 1.82) is 0 Å². The van der Waals surface area contributed by atoms with Gasteiger partial charge < -0.3 is 25.0 Å². The minimum atomic E-state index is -4.65. The van der Waals surface area contributed by atoms with Crippen molar-refractivity contribution in [3.63, 3.8) is 0 Å². The van der Waals surface area contributed by atoms with E-state index in [4.69, 9.17) is 4.74 Å². The number of aromatic nitrogens is 2. The van der Waals surface area contributed by atoms with Crippen LogP contribution in [0.15, 0.2) is 24.3 Å². The highest BCUT2D eigenvalue weighted by molar-refractivity contribution is 5.91. The quantitative estimate of drug-likeness (QED) is 0.638. The van der Waals surface area contributed by atoms with Crippen LogP contribution >= 0.6 is 0 Å². The maximum absolute atomic E-state index is 13.1. The van der Waals surface area contributed by atoms with Gasteiger partial charge in [0.1, 0.15) is 0 Å². The summed E-state index contributed by atoms with van der Waals surface area (Å²) in [4.78, 5) is 31.6. The van der Waals surface area contributed by atoms with E-state index in [1.807, 2.05) is 4.90 Å². The van der Waals surface area contributed by atoms with Gasteiger partial charge in [0.2, 0.25) is 0 Å². The Bertz CT molecular complexity index is 960. The van der Waals surface area contributed by atoms with Gasteiger partial charge in [-0.15, -0.1) is 0 Å². The Morgan fingerprint density at radius 2 is 2.13 bits per heavy atom. The molecule has 2 atom stereocenters. The molecule has 0 spiro atoms. The lowest BCUT2D eigenvalue weighted by Gasteiger charge is -2.39. The van der Waals surface area contributed by atoms with Crippen LogP contribution in [0.5, 0.6) is 0 Å². The number of rotatable bonds is 6. The molecule has 11 heteroatoms. The van der Waals surface area contributed by atoms with E-state index in [0.717, 1.165) is 0 Å². The molecule has 31 heavy (non-hydrogen) atoms. The van der Waals surface area contributed by atoms with E-state index in [0.29, 0.717) is 25.2 Å². The lowest BCUT2D eigenvalue weighted by molar-refractivity contribution is -0.141. The molecule has 1 aliphatic heterocycles. The molecule has 0 bridgehead atoms. The zero-order valence-corrected chi connectivity index (χ0v) is 17.0. The second-order valence-corrected chi connectivity index (χ2v) is 7.21. The predicted molar refractivity (Wildman–Crippen MR) is 105 cm³/mol. The van der Waals surface area contributed by atoms with Crippen LogP contribution < -0.4 is 10.2 Å². The standard InChI is InChI=1S/C20H23F3N4O4/c1-3-13-16(20(21,22)23)26-17(24-13)18(28)25-14-7-8-27(10-15(14)31-2)12-6-4-5-11(9-12)19(29)30/h4-6,9,14-15H,3,7-8,10H2,1-2H3,(H,24,26)(H,25,28)(H,29,30)/t14?,15-/m0/s1. The number of anilines is 1. The lowest BCUT2D eigenvalue weighted by atomic mass is 10.0. The molecular weight excluding hydrogens is 417 g/mol. The normalized spacial score (nSPS) is 19.3. The Kier molecular flexibility index (Phi) is 6.54. The molecule has 3 N–H and O–H groups in total. The number of hydrogen-bond donors (Lipinski definition) is 3. The molecule has 168 valence electrons. The molecule has 2 heterocycles. The van der Waals surface area contributed by atoms with Gasteiger partial charge in [-0.25, -0.2) is 9.78 Å². The molecule has 0 saturated carbocycles. The third-order valence-corrected chi connectivity index (χ3v) is 5.25. The molecule has 1 fully saturated rings. The van der Waals surface area contributed by atoms with Crippen LogP contribution in [-0.2, 0) is 17.3 Å². The molecular formula is C20H23F3N4O4. The summed E-state index contributed by atoms with van der Waals surface area (Å²) in [6.07, 6.45) is -4.59. The van der Waals surface area contributed by atoms with E-state index in [1.165, 1.54) is 13.2 Å². The number of carbonyl (C=O) groups is 2. The highest BCUT2D eigenvalue weighted by Gasteiger charge is 2.38. The van der Waals surface area contributed by atoms with Crippen molar-refractivity contribution in [2.24, 2.45) is 0 Å². The Hall–Kier alpha value is -3.08. The van der Waals surface area contributed by atoms with Gasteiger partial charge >= 0.3 is 12.1 Å². The summed E-state index contributed by atoms with van der Waals surface area (Å²) in [6.45, 7) is 2.41. The average molecular weight is 440 g/mol. The minimum Gasteiger partial charge on any atom is -0.478 e. The third-order valence-electron chi connectivity index (χ3n) is 5.25. The molecule has 1 aliphatic rings. The number of methoxy groups -OCH3 is 1. The maximum atomic E-state index is 13.1. The number of imidazole rings is 1. The number of aryl methyl sites for hydroxylation is 1. The first-order valence-electron chi connectivity index (χ1n) is 9.72. The summed E-state index contributed by atoms with van der Waals surface area (Å²) in [5, 5.41) is 11.9. The summed E-state index contributed by atoms with van der Waals surface area (Å²) in [7, 11) is 1.48. The van der Waals surface area contributed by atoms with E-state index in [2.05, 4.69) is 15.3 Å². The number of nitrogens with one attached hydrogen (secondary N) is 2. The molecule has 0 radical (unpaired) electrons. The first-order chi connectivity index (χ1) is 14.6. The van der Waals surface area contributed by atoms with E-state index < -0.39 is 41.7 Å². The SMILES string of the molecule is CCc1[nH]c(C(=O)NC2CCN(c3cccc(C(=O)O)c3)C[C@@H]2OC)nc1C(F)(F)F. The summed E-state index contributed by atoms with van der Waals surface area (Å²) in [5.74, 6) is -2.16. The molecule has 0 aliphatic carbocycles. The first-order valence-corrected chi connectivity index (χ1v) is 9.72. The largest absolute Gasteiger partial charge is 0.478 e. The number of hydrogen-bond acceptors (Lipinski definition) is 5. The predicted octanol–water partition coefficient (Wildman–Crippen LogP) is 2.71. The number of nitrogens with zero attached hydrogens (tertiary/aromatic N) is 2. The van der Waals surface area contributed by atoms with Gasteiger partial charge in [-0.2, -0.15) is 13.2 Å². The van der Waals surface area contributed by atoms with Gasteiger partial charge in [0.25, 0.3) is 5.91 Å². The van der Waals surface area contributed by atoms with Crippen LogP contribution in [0.2, 0.25) is 0 Å². The smallest absolute Gasteiger partial charge is 0.435 e. The van der Waals surface area contributed by atoms with E-state index in [9.17, 15) is 27.9 Å². The van der Waals surface area contributed by atoms with Crippen molar-refractivity contribution in [3.05, 3.63) is 47.0 Å². The molecule has 8 nitrogen and oxygen atoms in total. The summed E-state index contributed by atoms with van der Waals surface area (Å²) < 4.78 is 44.8. The average Bonchev–Trinajstić information content (AvgIpc) is 3.19. The number of carboxylic acid groups (broad SMARTS) is 1. The van der Waals surface area contributed by atoms with E-state index in [-0.39, 0.29) is 17.7 Å². The van der Waals surface area contributed by atoms with Crippen molar-refractivity contribution >= 4 is 17.6 Å². The first kappa shape index (κ1) is 22.6. The fraction of sp³-hybridized carbons (Fsp3) is 0.450. The van der Waals surface area contributed by atoms with E-state index >= 15 is 0 Å². The summed E-state index contributed by atoms with van der Waals surface area (Å²) in [5.41, 5.74) is -0.363. The van der Waals surface area contributed by atoms with Gasteiger partial charge in [0.05, 0.1) is 17.7 Å². The zero-order chi connectivity index (χ0) is 22.8. The minimum absolute atomic E-state index is 0.0591. The monoisotopic (exact) mass is 440 g/mol. The fourth-order valence-electron chi connectivity index (χ4n) is 3.63. The number of aromatic amines is 1. The van der Waals surface area contributed by atoms with Gasteiger partial charge in [-0.3, -0.25) is 4.79 Å². The van der Waals surface area contributed by atoms with Crippen LogP contribution in [0.3, 0.4) is 0 Å². The summed E-state index contributed by atoms with van der Waals surface area (Å²) in [6, 6.07) is 6.04. The van der Waals surface area contributed by atoms with Gasteiger partial charge in [0, 0.05) is 31.6 Å². The molecule has 1 unspecified atom stereocenters. The topological polar surface area (TPSA) is 108 Å². The highest BCUT2D eigenvalue weighted by Crippen LogP contribution is 2.31. The van der Waals surface area contributed by atoms with Gasteiger partial charge in [-0.1, -0.05) is 13.0 Å². The number of carbonyl (C=O) groups excluding carboxylic acids is 1. The number of piperidine rings is 1.